The molecule has 0 radical (unpaired) electrons. The average molecular weight is 224 g/mol. The Kier molecular flexibility index (Phi) is 4.10. The van der Waals surface area contributed by atoms with Crippen LogP contribution < -0.4 is 15.5 Å². The van der Waals surface area contributed by atoms with Gasteiger partial charge in [0, 0.05) is 18.7 Å². The SMILES string of the molecule is CCc1cc(=O)c(CNC(C)=O)c(OC)[nH]1. The number of H-pyrrole nitrogens is 1. The highest BCUT2D eigenvalue weighted by Gasteiger charge is 2.09. The number of carbonyl (C=O) groups excluding carboxylic acids is 1. The fourth-order valence-corrected chi connectivity index (χ4v) is 1.36. The molecule has 1 rings (SSSR count). The molecule has 0 bridgehead atoms. The van der Waals surface area contributed by atoms with Crippen LogP contribution in [0.3, 0.4) is 0 Å². The molecular formula is C11H16N2O3. The van der Waals surface area contributed by atoms with Gasteiger partial charge in [0.2, 0.25) is 5.91 Å². The van der Waals surface area contributed by atoms with Gasteiger partial charge in [0.25, 0.3) is 0 Å². The number of methoxy groups -OCH3 is 1. The molecule has 2 N–H and O–H groups in total. The van der Waals surface area contributed by atoms with Gasteiger partial charge in [-0.25, -0.2) is 0 Å². The molecule has 0 fully saturated rings. The third-order valence-corrected chi connectivity index (χ3v) is 2.25. The van der Waals surface area contributed by atoms with E-state index in [2.05, 4.69) is 10.3 Å². The Hall–Kier alpha value is -1.78. The van der Waals surface area contributed by atoms with E-state index in [1.165, 1.54) is 20.1 Å². The smallest absolute Gasteiger partial charge is 0.217 e. The molecule has 1 aromatic rings. The molecule has 0 spiro atoms. The van der Waals surface area contributed by atoms with Crippen LogP contribution in [-0.4, -0.2) is 18.0 Å². The number of nitrogens with one attached hydrogen (secondary N) is 2. The first-order chi connectivity index (χ1) is 7.58. The van der Waals surface area contributed by atoms with Crippen molar-refractivity contribution in [1.29, 1.82) is 0 Å². The summed E-state index contributed by atoms with van der Waals surface area (Å²) in [6.45, 7) is 3.52. The second kappa shape index (κ2) is 5.34. The summed E-state index contributed by atoms with van der Waals surface area (Å²) in [7, 11) is 1.49. The highest BCUT2D eigenvalue weighted by molar-refractivity contribution is 5.72. The van der Waals surface area contributed by atoms with Crippen molar-refractivity contribution in [2.75, 3.05) is 7.11 Å². The summed E-state index contributed by atoms with van der Waals surface area (Å²) in [5.41, 5.74) is 1.13. The van der Waals surface area contributed by atoms with E-state index in [0.717, 1.165) is 12.1 Å². The first-order valence-electron chi connectivity index (χ1n) is 5.12. The molecule has 5 nitrogen and oxygen atoms in total. The number of hydrogen-bond donors (Lipinski definition) is 2. The van der Waals surface area contributed by atoms with Gasteiger partial charge in [-0.1, -0.05) is 6.92 Å². The highest BCUT2D eigenvalue weighted by Crippen LogP contribution is 2.11. The van der Waals surface area contributed by atoms with Crippen LogP contribution in [0.4, 0.5) is 0 Å². The summed E-state index contributed by atoms with van der Waals surface area (Å²) >= 11 is 0. The van der Waals surface area contributed by atoms with E-state index in [-0.39, 0.29) is 17.9 Å². The van der Waals surface area contributed by atoms with Crippen molar-refractivity contribution < 1.29 is 9.53 Å². The predicted molar refractivity (Wildman–Crippen MR) is 60.5 cm³/mol. The van der Waals surface area contributed by atoms with Gasteiger partial charge in [-0.15, -0.1) is 0 Å². The molecule has 5 heteroatoms. The molecule has 0 saturated carbocycles. The summed E-state index contributed by atoms with van der Waals surface area (Å²) in [6.07, 6.45) is 0.728. The molecule has 0 aromatic carbocycles. The summed E-state index contributed by atoms with van der Waals surface area (Å²) in [6, 6.07) is 1.53. The van der Waals surface area contributed by atoms with Gasteiger partial charge in [0.05, 0.1) is 19.2 Å². The third kappa shape index (κ3) is 2.85. The lowest BCUT2D eigenvalue weighted by molar-refractivity contribution is -0.119. The molecule has 0 atom stereocenters. The number of carbonyl (C=O) groups is 1. The number of pyridine rings is 1. The molecule has 0 aliphatic rings. The number of ether oxygens (including phenoxy) is 1. The molecule has 0 saturated heterocycles. The van der Waals surface area contributed by atoms with Crippen LogP contribution in [0.15, 0.2) is 10.9 Å². The molecule has 0 aliphatic carbocycles. The predicted octanol–water partition coefficient (Wildman–Crippen LogP) is 0.582. The summed E-state index contributed by atoms with van der Waals surface area (Å²) < 4.78 is 5.09. The molecule has 1 amide bonds. The Bertz CT molecular complexity index is 437. The van der Waals surface area contributed by atoms with E-state index < -0.39 is 0 Å². The van der Waals surface area contributed by atoms with Gasteiger partial charge in [0.1, 0.15) is 0 Å². The van der Waals surface area contributed by atoms with Crippen molar-refractivity contribution in [1.82, 2.24) is 10.3 Å². The van der Waals surface area contributed by atoms with Crippen molar-refractivity contribution in [3.63, 3.8) is 0 Å². The Morgan fingerprint density at radius 2 is 2.25 bits per heavy atom. The van der Waals surface area contributed by atoms with Crippen LogP contribution >= 0.6 is 0 Å². The average Bonchev–Trinajstić information content (AvgIpc) is 2.26. The van der Waals surface area contributed by atoms with Gasteiger partial charge < -0.3 is 15.0 Å². The molecular weight excluding hydrogens is 208 g/mol. The van der Waals surface area contributed by atoms with Crippen LogP contribution in [0, 0.1) is 0 Å². The van der Waals surface area contributed by atoms with Gasteiger partial charge >= 0.3 is 0 Å². The minimum absolute atomic E-state index is 0.124. The van der Waals surface area contributed by atoms with Crippen molar-refractivity contribution in [3.8, 4) is 5.88 Å². The zero-order chi connectivity index (χ0) is 12.1. The first-order valence-corrected chi connectivity index (χ1v) is 5.12. The van der Waals surface area contributed by atoms with Gasteiger partial charge in [0.15, 0.2) is 11.3 Å². The van der Waals surface area contributed by atoms with Crippen molar-refractivity contribution in [2.24, 2.45) is 0 Å². The van der Waals surface area contributed by atoms with Gasteiger partial charge in [-0.2, -0.15) is 0 Å². The minimum Gasteiger partial charge on any atom is -0.482 e. The van der Waals surface area contributed by atoms with E-state index in [9.17, 15) is 9.59 Å². The van der Waals surface area contributed by atoms with Crippen LogP contribution in [0.2, 0.25) is 0 Å². The van der Waals surface area contributed by atoms with Gasteiger partial charge in [-0.05, 0) is 6.42 Å². The number of rotatable bonds is 4. The Morgan fingerprint density at radius 3 is 2.75 bits per heavy atom. The molecule has 1 aromatic heterocycles. The van der Waals surface area contributed by atoms with Crippen molar-refractivity contribution >= 4 is 5.91 Å². The van der Waals surface area contributed by atoms with Crippen LogP contribution in [0.5, 0.6) is 5.88 Å². The fourth-order valence-electron chi connectivity index (χ4n) is 1.36. The normalized spacial score (nSPS) is 9.94. The molecule has 0 aliphatic heterocycles. The highest BCUT2D eigenvalue weighted by atomic mass is 16.5. The standard InChI is InChI=1S/C11H16N2O3/c1-4-8-5-10(15)9(6-12-7(2)14)11(13-8)16-3/h5H,4,6H2,1-3H3,(H,12,14)(H,13,15). The second-order valence-electron chi connectivity index (χ2n) is 3.43. The van der Waals surface area contributed by atoms with Crippen LogP contribution in [0.1, 0.15) is 25.1 Å². The Labute approximate surface area is 93.8 Å². The number of hydrogen-bond acceptors (Lipinski definition) is 3. The lowest BCUT2D eigenvalue weighted by Gasteiger charge is -2.09. The van der Waals surface area contributed by atoms with Crippen molar-refractivity contribution in [3.05, 3.63) is 27.5 Å². The fraction of sp³-hybridized carbons (Fsp3) is 0.455. The van der Waals surface area contributed by atoms with Crippen LogP contribution in [0.25, 0.3) is 0 Å². The van der Waals surface area contributed by atoms with Crippen LogP contribution in [-0.2, 0) is 17.8 Å². The molecule has 0 unspecified atom stereocenters. The largest absolute Gasteiger partial charge is 0.482 e. The molecule has 1 heterocycles. The van der Waals surface area contributed by atoms with E-state index in [0.29, 0.717) is 11.4 Å². The van der Waals surface area contributed by atoms with E-state index in [1.807, 2.05) is 6.92 Å². The number of amides is 1. The maximum Gasteiger partial charge on any atom is 0.217 e. The van der Waals surface area contributed by atoms with E-state index in [1.54, 1.807) is 0 Å². The van der Waals surface area contributed by atoms with Gasteiger partial charge in [-0.3, -0.25) is 9.59 Å². The maximum absolute atomic E-state index is 11.7. The topological polar surface area (TPSA) is 71.2 Å². The maximum atomic E-state index is 11.7. The number of aromatic amines is 1. The summed E-state index contributed by atoms with van der Waals surface area (Å²) in [5.74, 6) is 0.235. The summed E-state index contributed by atoms with van der Waals surface area (Å²) in [5, 5.41) is 2.58. The van der Waals surface area contributed by atoms with E-state index in [4.69, 9.17) is 4.74 Å². The molecule has 88 valence electrons. The Morgan fingerprint density at radius 1 is 1.56 bits per heavy atom. The lowest BCUT2D eigenvalue weighted by Crippen LogP contribution is -2.24. The van der Waals surface area contributed by atoms with E-state index >= 15 is 0 Å². The Balaban J connectivity index is 3.06. The quantitative estimate of drug-likeness (QED) is 0.786. The zero-order valence-electron chi connectivity index (χ0n) is 9.72. The summed E-state index contributed by atoms with van der Waals surface area (Å²) in [4.78, 5) is 25.5. The first kappa shape index (κ1) is 12.3. The zero-order valence-corrected chi connectivity index (χ0v) is 9.72. The number of aromatic nitrogens is 1. The second-order valence-corrected chi connectivity index (χ2v) is 3.43. The molecule has 16 heavy (non-hydrogen) atoms. The lowest BCUT2D eigenvalue weighted by atomic mass is 10.2. The number of aryl methyl sites for hydroxylation is 1. The minimum atomic E-state index is -0.180. The third-order valence-electron chi connectivity index (χ3n) is 2.25. The monoisotopic (exact) mass is 224 g/mol. The van der Waals surface area contributed by atoms with Crippen molar-refractivity contribution in [2.45, 2.75) is 26.8 Å².